The van der Waals surface area contributed by atoms with Gasteiger partial charge in [-0.15, -0.1) is 0 Å². The van der Waals surface area contributed by atoms with Gasteiger partial charge in [-0.25, -0.2) is 0 Å². The van der Waals surface area contributed by atoms with Gasteiger partial charge in [0.2, 0.25) is 5.78 Å². The number of Topliss-reactive ketones (excluding diaryl/α,β-unsaturated/α-hetero) is 1. The van der Waals surface area contributed by atoms with Crippen molar-refractivity contribution in [3.8, 4) is 0 Å². The number of nitrogens with zero attached hydrogens (tertiary/aromatic N) is 3. The lowest BCUT2D eigenvalue weighted by Crippen LogP contribution is -2.25. The van der Waals surface area contributed by atoms with Gasteiger partial charge in [0.25, 0.3) is 3.79 Å². The molecule has 0 radical (unpaired) electrons. The highest BCUT2D eigenvalue weighted by Gasteiger charge is 2.34. The first-order chi connectivity index (χ1) is 9.31. The summed E-state index contributed by atoms with van der Waals surface area (Å²) in [5.41, 5.74) is 0.340. The van der Waals surface area contributed by atoms with Crippen LogP contribution in [0.4, 0.5) is 0 Å². The van der Waals surface area contributed by atoms with E-state index in [-0.39, 0.29) is 6.04 Å². The van der Waals surface area contributed by atoms with E-state index in [0.29, 0.717) is 25.2 Å². The fraction of sp³-hybridized carbons (Fsp3) is 0.417. The molecular weight excluding hydrogens is 435 g/mol. The molecular formula is C12H13Cl3IN3O. The molecule has 1 heterocycles. The van der Waals surface area contributed by atoms with E-state index in [1.165, 1.54) is 0 Å². The number of rotatable bonds is 7. The molecule has 0 aliphatic rings. The normalized spacial score (nSPS) is 13.0. The second-order valence-corrected chi connectivity index (χ2v) is 7.60. The van der Waals surface area contributed by atoms with Gasteiger partial charge in [0.05, 0.1) is 18.3 Å². The van der Waals surface area contributed by atoms with Crippen LogP contribution in [0.3, 0.4) is 0 Å². The predicted octanol–water partition coefficient (Wildman–Crippen LogP) is 3.98. The summed E-state index contributed by atoms with van der Waals surface area (Å²) in [7, 11) is 0. The Morgan fingerprint density at radius 2 is 2.05 bits per heavy atom. The molecule has 1 aromatic rings. The average molecular weight is 449 g/mol. The van der Waals surface area contributed by atoms with E-state index >= 15 is 0 Å². The Balaban J connectivity index is 3.18. The highest BCUT2D eigenvalue weighted by atomic mass is 127. The van der Waals surface area contributed by atoms with E-state index in [0.717, 1.165) is 3.57 Å². The standard InChI is InChI=1S/C12H13Cl3IN3O/c1-17-4-3-9(6-18-2)19-7-8(16)5-10(19)11(20)12(13,14)15/h5,7,9H,1-4,6H2/t9-/m0/s1. The van der Waals surface area contributed by atoms with Gasteiger partial charge in [0, 0.05) is 16.3 Å². The number of ketones is 1. The van der Waals surface area contributed by atoms with Crippen LogP contribution in [-0.2, 0) is 0 Å². The molecule has 0 aliphatic heterocycles. The number of aliphatic imine (C=N–C) groups is 2. The molecule has 0 aliphatic carbocycles. The smallest absolute Gasteiger partial charge is 0.255 e. The maximum Gasteiger partial charge on any atom is 0.255 e. The van der Waals surface area contributed by atoms with Gasteiger partial charge >= 0.3 is 0 Å². The van der Waals surface area contributed by atoms with Gasteiger partial charge in [0.1, 0.15) is 0 Å². The second kappa shape index (κ2) is 7.77. The third-order valence-corrected chi connectivity index (χ3v) is 3.76. The zero-order chi connectivity index (χ0) is 15.3. The van der Waals surface area contributed by atoms with Crippen LogP contribution in [0.2, 0.25) is 0 Å². The summed E-state index contributed by atoms with van der Waals surface area (Å²) in [6.45, 7) is 7.94. The van der Waals surface area contributed by atoms with Gasteiger partial charge < -0.3 is 9.56 Å². The Morgan fingerprint density at radius 3 is 2.55 bits per heavy atom. The molecule has 0 aromatic carbocycles. The van der Waals surface area contributed by atoms with Gasteiger partial charge in [-0.05, 0) is 48.5 Å². The Labute approximate surface area is 146 Å². The molecule has 0 spiro atoms. The van der Waals surface area contributed by atoms with Gasteiger partial charge in [-0.2, -0.15) is 0 Å². The first kappa shape index (κ1) is 17.9. The molecule has 20 heavy (non-hydrogen) atoms. The van der Waals surface area contributed by atoms with E-state index < -0.39 is 9.58 Å². The summed E-state index contributed by atoms with van der Waals surface area (Å²) in [4.78, 5) is 19.9. The lowest BCUT2D eigenvalue weighted by molar-refractivity contribution is 0.0985. The summed E-state index contributed by atoms with van der Waals surface area (Å²) in [6.07, 6.45) is 2.50. The fourth-order valence-electron chi connectivity index (χ4n) is 1.78. The summed E-state index contributed by atoms with van der Waals surface area (Å²) >= 11 is 19.2. The molecule has 8 heteroatoms. The molecule has 0 bridgehead atoms. The summed E-state index contributed by atoms with van der Waals surface area (Å²) in [5.74, 6) is -0.564. The Bertz CT molecular complexity index is 511. The molecule has 4 nitrogen and oxygen atoms in total. The SMILES string of the molecule is C=NCC[C@@H](CN=C)n1cc(I)cc1C(=O)C(Cl)(Cl)Cl. The lowest BCUT2D eigenvalue weighted by Gasteiger charge is -2.20. The first-order valence-corrected chi connectivity index (χ1v) is 7.86. The number of hydrogen-bond acceptors (Lipinski definition) is 3. The van der Waals surface area contributed by atoms with Crippen molar-refractivity contribution in [3.63, 3.8) is 0 Å². The zero-order valence-corrected chi connectivity index (χ0v) is 15.0. The second-order valence-electron chi connectivity index (χ2n) is 4.07. The number of carbonyl (C=O) groups excluding carboxylic acids is 1. The van der Waals surface area contributed by atoms with E-state index in [4.69, 9.17) is 34.8 Å². The third-order valence-electron chi connectivity index (χ3n) is 2.66. The molecule has 1 atom stereocenters. The van der Waals surface area contributed by atoms with E-state index in [2.05, 4.69) is 46.0 Å². The fourth-order valence-corrected chi connectivity index (χ4v) is 2.67. The monoisotopic (exact) mass is 447 g/mol. The highest BCUT2D eigenvalue weighted by Crippen LogP contribution is 2.32. The third kappa shape index (κ3) is 4.72. The maximum atomic E-state index is 12.2. The first-order valence-electron chi connectivity index (χ1n) is 5.65. The molecule has 0 unspecified atom stereocenters. The number of carbonyl (C=O) groups is 1. The minimum Gasteiger partial charge on any atom is -0.339 e. The van der Waals surface area contributed by atoms with Crippen LogP contribution in [0.1, 0.15) is 23.0 Å². The van der Waals surface area contributed by atoms with Crippen LogP contribution >= 0.6 is 57.4 Å². The molecule has 1 aromatic heterocycles. The van der Waals surface area contributed by atoms with Crippen molar-refractivity contribution in [3.05, 3.63) is 21.5 Å². The Morgan fingerprint density at radius 1 is 1.40 bits per heavy atom. The predicted molar refractivity (Wildman–Crippen MR) is 94.3 cm³/mol. The summed E-state index contributed by atoms with van der Waals surface area (Å²) in [5, 5.41) is 0. The van der Waals surface area contributed by atoms with E-state index in [1.54, 1.807) is 10.6 Å². The van der Waals surface area contributed by atoms with Crippen LogP contribution in [0, 0.1) is 3.57 Å². The molecule has 110 valence electrons. The highest BCUT2D eigenvalue weighted by molar-refractivity contribution is 14.1. The van der Waals surface area contributed by atoms with Crippen molar-refractivity contribution in [2.75, 3.05) is 13.1 Å². The van der Waals surface area contributed by atoms with Crippen molar-refractivity contribution in [2.24, 2.45) is 9.98 Å². The number of alkyl halides is 3. The number of aromatic nitrogens is 1. The number of halogens is 4. The van der Waals surface area contributed by atoms with E-state index in [9.17, 15) is 4.79 Å². The van der Waals surface area contributed by atoms with E-state index in [1.807, 2.05) is 6.20 Å². The van der Waals surface area contributed by atoms with Gasteiger partial charge in [0.15, 0.2) is 0 Å². The van der Waals surface area contributed by atoms with Crippen LogP contribution in [-0.4, -0.2) is 40.7 Å². The lowest BCUT2D eigenvalue weighted by atomic mass is 10.2. The largest absolute Gasteiger partial charge is 0.339 e. The molecule has 0 N–H and O–H groups in total. The summed E-state index contributed by atoms with van der Waals surface area (Å²) < 4.78 is 0.661. The van der Waals surface area contributed by atoms with Gasteiger partial charge in [-0.1, -0.05) is 34.8 Å². The molecule has 0 amide bonds. The average Bonchev–Trinajstić information content (AvgIpc) is 2.74. The van der Waals surface area contributed by atoms with Crippen molar-refractivity contribution in [2.45, 2.75) is 16.3 Å². The molecule has 0 saturated heterocycles. The molecule has 0 saturated carbocycles. The summed E-state index contributed by atoms with van der Waals surface area (Å²) in [6, 6.07) is 1.61. The Kier molecular flexibility index (Phi) is 6.97. The Hall–Kier alpha value is -0.110. The van der Waals surface area contributed by atoms with Crippen molar-refractivity contribution >= 4 is 76.6 Å². The van der Waals surface area contributed by atoms with Crippen LogP contribution in [0.15, 0.2) is 22.2 Å². The van der Waals surface area contributed by atoms with Crippen molar-refractivity contribution in [1.82, 2.24) is 4.57 Å². The van der Waals surface area contributed by atoms with Crippen molar-refractivity contribution in [1.29, 1.82) is 0 Å². The van der Waals surface area contributed by atoms with Gasteiger partial charge in [-0.3, -0.25) is 9.79 Å². The number of hydrogen-bond donors (Lipinski definition) is 0. The minimum absolute atomic E-state index is 0.0761. The quantitative estimate of drug-likeness (QED) is 0.269. The molecule has 0 fully saturated rings. The molecule has 1 rings (SSSR count). The minimum atomic E-state index is -1.98. The van der Waals surface area contributed by atoms with Crippen LogP contribution in [0.5, 0.6) is 0 Å². The van der Waals surface area contributed by atoms with Crippen molar-refractivity contribution < 1.29 is 4.79 Å². The van der Waals surface area contributed by atoms with Crippen LogP contribution in [0.25, 0.3) is 0 Å². The zero-order valence-electron chi connectivity index (χ0n) is 10.5. The topological polar surface area (TPSA) is 46.7 Å². The maximum absolute atomic E-state index is 12.2. The van der Waals surface area contributed by atoms with Crippen LogP contribution < -0.4 is 0 Å².